The second kappa shape index (κ2) is 13.5. The van der Waals surface area contributed by atoms with Crippen LogP contribution in [0.1, 0.15) is 35.2 Å². The highest BCUT2D eigenvalue weighted by molar-refractivity contribution is 9.10. The first-order valence-electron chi connectivity index (χ1n) is 13.9. The van der Waals surface area contributed by atoms with Crippen LogP contribution in [-0.2, 0) is 28.5 Å². The highest BCUT2D eigenvalue weighted by Gasteiger charge is 2.35. The number of hydrogen-bond acceptors (Lipinski definition) is 7. The van der Waals surface area contributed by atoms with E-state index in [1.807, 2.05) is 85.8 Å². The number of ether oxygens (including phenoxy) is 2. The summed E-state index contributed by atoms with van der Waals surface area (Å²) in [5.74, 6) is 0.807. The number of nitrogens with zero attached hydrogens (tertiary/aromatic N) is 3. The van der Waals surface area contributed by atoms with E-state index in [4.69, 9.17) is 14.6 Å². The first kappa shape index (κ1) is 29.7. The summed E-state index contributed by atoms with van der Waals surface area (Å²) in [6.07, 6.45) is 0. The number of aromatic nitrogens is 3. The SMILES string of the molecule is CC1=C(C(=O)OCc2ccccc2)C(c2ccc(OCc3cccc(Br)c3)cc2)n2nc(SCc3ccccc3F)nc2N1. The first-order chi connectivity index (χ1) is 21.4. The lowest BCUT2D eigenvalue weighted by atomic mass is 9.95. The lowest BCUT2D eigenvalue weighted by molar-refractivity contribution is -0.140. The monoisotopic (exact) mass is 670 g/mol. The number of nitrogens with one attached hydrogen (secondary N) is 1. The molecule has 222 valence electrons. The van der Waals surface area contributed by atoms with Crippen LogP contribution < -0.4 is 10.1 Å². The van der Waals surface area contributed by atoms with E-state index in [-0.39, 0.29) is 12.4 Å². The number of fused-ring (bicyclic) bond motifs is 1. The smallest absolute Gasteiger partial charge is 0.338 e. The third-order valence-electron chi connectivity index (χ3n) is 7.07. The van der Waals surface area contributed by atoms with Gasteiger partial charge in [0.15, 0.2) is 0 Å². The summed E-state index contributed by atoms with van der Waals surface area (Å²) in [6.45, 7) is 2.38. The van der Waals surface area contributed by atoms with Crippen LogP contribution in [0.5, 0.6) is 5.75 Å². The Balaban J connectivity index is 1.27. The maximum atomic E-state index is 14.2. The van der Waals surface area contributed by atoms with Gasteiger partial charge in [0.25, 0.3) is 0 Å². The number of rotatable bonds is 10. The molecule has 1 aromatic heterocycles. The van der Waals surface area contributed by atoms with E-state index >= 15 is 0 Å². The van der Waals surface area contributed by atoms with Crippen LogP contribution in [0, 0.1) is 5.82 Å². The van der Waals surface area contributed by atoms with Crippen molar-refractivity contribution in [2.45, 2.75) is 37.1 Å². The molecule has 1 atom stereocenters. The summed E-state index contributed by atoms with van der Waals surface area (Å²) in [5, 5.41) is 8.44. The molecular formula is C34H28BrFN4O3S. The zero-order chi connectivity index (χ0) is 30.5. The van der Waals surface area contributed by atoms with Crippen molar-refractivity contribution in [1.29, 1.82) is 0 Å². The average molecular weight is 672 g/mol. The minimum absolute atomic E-state index is 0.138. The zero-order valence-corrected chi connectivity index (χ0v) is 26.1. The van der Waals surface area contributed by atoms with E-state index in [1.54, 1.807) is 22.9 Å². The van der Waals surface area contributed by atoms with Crippen LogP contribution in [0.3, 0.4) is 0 Å². The number of benzene rings is 4. The fourth-order valence-corrected chi connectivity index (χ4v) is 6.13. The molecule has 1 unspecified atom stereocenters. The molecule has 0 saturated heterocycles. The molecule has 0 amide bonds. The van der Waals surface area contributed by atoms with Gasteiger partial charge in [-0.05, 0) is 59.5 Å². The molecule has 1 aliphatic rings. The van der Waals surface area contributed by atoms with Gasteiger partial charge >= 0.3 is 5.97 Å². The van der Waals surface area contributed by atoms with Gasteiger partial charge in [0.1, 0.15) is 30.8 Å². The molecular weight excluding hydrogens is 643 g/mol. The minimum atomic E-state index is -0.607. The van der Waals surface area contributed by atoms with E-state index in [9.17, 15) is 9.18 Å². The maximum Gasteiger partial charge on any atom is 0.338 e. The van der Waals surface area contributed by atoms with E-state index in [0.29, 0.717) is 46.0 Å². The zero-order valence-electron chi connectivity index (χ0n) is 23.7. The van der Waals surface area contributed by atoms with Gasteiger partial charge in [-0.1, -0.05) is 100 Å². The van der Waals surface area contributed by atoms with Crippen molar-refractivity contribution in [3.05, 3.63) is 147 Å². The second-order valence-electron chi connectivity index (χ2n) is 10.2. The van der Waals surface area contributed by atoms with Gasteiger partial charge in [0.05, 0.1) is 5.57 Å². The molecule has 10 heteroatoms. The lowest BCUT2D eigenvalue weighted by Gasteiger charge is -2.28. The Kier molecular flexibility index (Phi) is 9.09. The molecule has 0 bridgehead atoms. The highest BCUT2D eigenvalue weighted by atomic mass is 79.9. The molecule has 7 nitrogen and oxygen atoms in total. The molecule has 4 aromatic carbocycles. The van der Waals surface area contributed by atoms with Crippen molar-refractivity contribution < 1.29 is 18.7 Å². The molecule has 0 aliphatic carbocycles. The molecule has 0 fully saturated rings. The van der Waals surface area contributed by atoms with Crippen LogP contribution in [0.2, 0.25) is 0 Å². The largest absolute Gasteiger partial charge is 0.489 e. The van der Waals surface area contributed by atoms with E-state index in [2.05, 4.69) is 26.2 Å². The van der Waals surface area contributed by atoms with Crippen LogP contribution >= 0.6 is 27.7 Å². The summed E-state index contributed by atoms with van der Waals surface area (Å²) in [6, 6.07) is 31.1. The summed E-state index contributed by atoms with van der Waals surface area (Å²) in [4.78, 5) is 18.3. The van der Waals surface area contributed by atoms with Gasteiger partial charge in [-0.25, -0.2) is 13.9 Å². The normalized spacial score (nSPS) is 14.1. The van der Waals surface area contributed by atoms with Crippen molar-refractivity contribution in [3.8, 4) is 5.75 Å². The molecule has 0 spiro atoms. The topological polar surface area (TPSA) is 78.3 Å². The predicted molar refractivity (Wildman–Crippen MR) is 172 cm³/mol. The number of thioether (sulfide) groups is 1. The summed E-state index contributed by atoms with van der Waals surface area (Å²) < 4.78 is 28.7. The van der Waals surface area contributed by atoms with Gasteiger partial charge in [0.2, 0.25) is 11.1 Å². The summed E-state index contributed by atoms with van der Waals surface area (Å²) >= 11 is 4.82. The number of carbonyl (C=O) groups excluding carboxylic acids is 1. The second-order valence-corrected chi connectivity index (χ2v) is 12.0. The van der Waals surface area contributed by atoms with Crippen LogP contribution in [0.4, 0.5) is 10.3 Å². The minimum Gasteiger partial charge on any atom is -0.489 e. The number of anilines is 1. The quantitative estimate of drug-likeness (QED) is 0.119. The summed E-state index contributed by atoms with van der Waals surface area (Å²) in [5.41, 5.74) is 4.34. The molecule has 6 rings (SSSR count). The van der Waals surface area contributed by atoms with Crippen molar-refractivity contribution in [1.82, 2.24) is 14.8 Å². The van der Waals surface area contributed by atoms with Gasteiger partial charge < -0.3 is 14.8 Å². The lowest BCUT2D eigenvalue weighted by Crippen LogP contribution is -2.29. The Morgan fingerprint density at radius 1 is 0.955 bits per heavy atom. The average Bonchev–Trinajstić information content (AvgIpc) is 3.45. The van der Waals surface area contributed by atoms with Crippen molar-refractivity contribution in [2.24, 2.45) is 0 Å². The fraction of sp³-hybridized carbons (Fsp3) is 0.147. The van der Waals surface area contributed by atoms with Gasteiger partial charge in [-0.15, -0.1) is 5.10 Å². The number of halogens is 2. The fourth-order valence-electron chi connectivity index (χ4n) is 4.86. The number of esters is 1. The Labute approximate surface area is 267 Å². The first-order valence-corrected chi connectivity index (χ1v) is 15.7. The highest BCUT2D eigenvalue weighted by Crippen LogP contribution is 2.38. The molecule has 0 saturated carbocycles. The number of carbonyl (C=O) groups is 1. The molecule has 44 heavy (non-hydrogen) atoms. The number of hydrogen-bond donors (Lipinski definition) is 1. The van der Waals surface area contributed by atoms with Crippen LogP contribution in [-0.4, -0.2) is 20.7 Å². The predicted octanol–water partition coefficient (Wildman–Crippen LogP) is 8.08. The molecule has 0 radical (unpaired) electrons. The summed E-state index contributed by atoms with van der Waals surface area (Å²) in [7, 11) is 0. The van der Waals surface area contributed by atoms with Crippen molar-refractivity contribution in [2.75, 3.05) is 5.32 Å². The van der Waals surface area contributed by atoms with Crippen molar-refractivity contribution >= 4 is 39.6 Å². The van der Waals surface area contributed by atoms with Crippen molar-refractivity contribution in [3.63, 3.8) is 0 Å². The Bertz CT molecular complexity index is 1810. The number of allylic oxidation sites excluding steroid dienone is 1. The molecule has 2 heterocycles. The van der Waals surface area contributed by atoms with Crippen LogP contribution in [0.25, 0.3) is 0 Å². The maximum absolute atomic E-state index is 14.2. The third-order valence-corrected chi connectivity index (χ3v) is 8.45. The van der Waals surface area contributed by atoms with Crippen LogP contribution in [0.15, 0.2) is 124 Å². The van der Waals surface area contributed by atoms with E-state index in [0.717, 1.165) is 21.2 Å². The molecule has 1 N–H and O–H groups in total. The Hall–Kier alpha value is -4.41. The third kappa shape index (κ3) is 6.87. The van der Waals surface area contributed by atoms with Gasteiger partial charge in [-0.2, -0.15) is 4.98 Å². The Morgan fingerprint density at radius 2 is 1.70 bits per heavy atom. The van der Waals surface area contributed by atoms with Gasteiger partial charge in [0, 0.05) is 15.9 Å². The Morgan fingerprint density at radius 3 is 2.48 bits per heavy atom. The molecule has 1 aliphatic heterocycles. The molecule has 5 aromatic rings. The van der Waals surface area contributed by atoms with E-state index in [1.165, 1.54) is 17.8 Å². The van der Waals surface area contributed by atoms with E-state index < -0.39 is 12.0 Å². The standard InChI is InChI=1S/C34H28BrFN4O3S/c1-22-30(32(41)43-19-23-8-3-2-4-9-23)31(25-14-16-28(17-15-25)42-20-24-10-7-12-27(35)18-24)40-33(37-22)38-34(39-40)44-21-26-11-5-6-13-29(26)36/h2-18,31H,19-21H2,1H3,(H,37,38,39). The van der Waals surface area contributed by atoms with Gasteiger partial charge in [-0.3, -0.25) is 0 Å².